The molecule has 8 rings (SSSR count). The van der Waals surface area contributed by atoms with Crippen LogP contribution in [0.4, 0.5) is 0 Å². The molecular weight excluding hydrogens is 548 g/mol. The Morgan fingerprint density at radius 2 is 0.975 bits per heavy atom. The van der Waals surface area contributed by atoms with Gasteiger partial charge in [-0.2, -0.15) is 0 Å². The molecule has 40 heavy (non-hydrogen) atoms. The van der Waals surface area contributed by atoms with E-state index < -0.39 is 0 Å². The second kappa shape index (κ2) is 8.65. The SMILES string of the molecule is CC1(C)C(c2cccc3ccccc23)=C(Br)c2cc(-c3ccc4c5ccccc5c5ccccc5c4c3)ccc21. The number of hydrogen-bond donors (Lipinski definition) is 0. The maximum atomic E-state index is 4.09. The lowest BCUT2D eigenvalue weighted by atomic mass is 9.77. The zero-order valence-electron chi connectivity index (χ0n) is 22.5. The second-order valence-electron chi connectivity index (χ2n) is 11.5. The van der Waals surface area contributed by atoms with Crippen molar-refractivity contribution in [1.29, 1.82) is 0 Å². The van der Waals surface area contributed by atoms with Gasteiger partial charge in [-0.25, -0.2) is 0 Å². The number of rotatable bonds is 2. The van der Waals surface area contributed by atoms with E-state index in [1.54, 1.807) is 0 Å². The third kappa shape index (κ3) is 3.31. The molecule has 0 aromatic heterocycles. The van der Waals surface area contributed by atoms with Crippen LogP contribution in [0.1, 0.15) is 30.5 Å². The Balaban J connectivity index is 1.34. The van der Waals surface area contributed by atoms with Crippen LogP contribution < -0.4 is 0 Å². The van der Waals surface area contributed by atoms with Crippen molar-refractivity contribution in [2.45, 2.75) is 19.3 Å². The van der Waals surface area contributed by atoms with Crippen LogP contribution >= 0.6 is 15.9 Å². The molecule has 0 nitrogen and oxygen atoms in total. The van der Waals surface area contributed by atoms with Crippen molar-refractivity contribution in [3.05, 3.63) is 144 Å². The summed E-state index contributed by atoms with van der Waals surface area (Å²) in [4.78, 5) is 0. The van der Waals surface area contributed by atoms with Crippen molar-refractivity contribution in [3.63, 3.8) is 0 Å². The first kappa shape index (κ1) is 23.7. The summed E-state index contributed by atoms with van der Waals surface area (Å²) >= 11 is 4.09. The minimum Gasteiger partial charge on any atom is -0.0616 e. The molecule has 0 bridgehead atoms. The molecule has 0 atom stereocenters. The fourth-order valence-electron chi connectivity index (χ4n) is 6.98. The van der Waals surface area contributed by atoms with Crippen LogP contribution in [-0.4, -0.2) is 0 Å². The van der Waals surface area contributed by atoms with Gasteiger partial charge in [0.1, 0.15) is 0 Å². The lowest BCUT2D eigenvalue weighted by molar-refractivity contribution is 0.705. The molecule has 1 aliphatic rings. The van der Waals surface area contributed by atoms with E-state index in [2.05, 4.69) is 157 Å². The van der Waals surface area contributed by atoms with E-state index in [-0.39, 0.29) is 5.41 Å². The molecule has 0 amide bonds. The zero-order valence-corrected chi connectivity index (χ0v) is 24.1. The van der Waals surface area contributed by atoms with Crippen LogP contribution in [0.3, 0.4) is 0 Å². The third-order valence-electron chi connectivity index (χ3n) is 8.91. The molecule has 0 spiro atoms. The van der Waals surface area contributed by atoms with Gasteiger partial charge in [0.05, 0.1) is 0 Å². The highest BCUT2D eigenvalue weighted by Crippen LogP contribution is 2.54. The molecule has 0 aliphatic heterocycles. The molecule has 0 heterocycles. The molecule has 7 aromatic rings. The van der Waals surface area contributed by atoms with Crippen molar-refractivity contribution < 1.29 is 0 Å². The van der Waals surface area contributed by atoms with Gasteiger partial charge in [0, 0.05) is 9.90 Å². The fraction of sp³-hybridized carbons (Fsp3) is 0.0769. The van der Waals surface area contributed by atoms with Gasteiger partial charge in [-0.15, -0.1) is 0 Å². The highest BCUT2D eigenvalue weighted by molar-refractivity contribution is 9.15. The molecule has 7 aromatic carbocycles. The largest absolute Gasteiger partial charge is 0.0616 e. The Morgan fingerprint density at radius 3 is 1.68 bits per heavy atom. The highest BCUT2D eigenvalue weighted by atomic mass is 79.9. The van der Waals surface area contributed by atoms with Gasteiger partial charge in [-0.05, 0) is 105 Å². The molecule has 1 heteroatoms. The lowest BCUT2D eigenvalue weighted by Crippen LogP contribution is -2.16. The fourth-order valence-corrected chi connectivity index (χ4v) is 8.02. The van der Waals surface area contributed by atoms with Gasteiger partial charge in [0.2, 0.25) is 0 Å². The second-order valence-corrected chi connectivity index (χ2v) is 12.2. The van der Waals surface area contributed by atoms with E-state index in [0.717, 1.165) is 0 Å². The number of halogens is 1. The van der Waals surface area contributed by atoms with E-state index in [1.807, 2.05) is 0 Å². The summed E-state index contributed by atoms with van der Waals surface area (Å²) in [5, 5.41) is 10.4. The maximum Gasteiger partial charge on any atom is 0.0298 e. The van der Waals surface area contributed by atoms with Gasteiger partial charge in [0.15, 0.2) is 0 Å². The molecule has 0 N–H and O–H groups in total. The monoisotopic (exact) mass is 574 g/mol. The molecule has 0 unspecified atom stereocenters. The summed E-state index contributed by atoms with van der Waals surface area (Å²) in [7, 11) is 0. The Labute approximate surface area is 242 Å². The topological polar surface area (TPSA) is 0 Å². The van der Waals surface area contributed by atoms with Gasteiger partial charge in [-0.3, -0.25) is 0 Å². The standard InChI is InChI=1S/C39H27Br/c1-39(2)36-21-19-26(23-35(36)38(40)37(39)33-17-9-11-24-10-3-4-12-27(24)33)25-18-20-32-30-15-6-5-13-28(30)29-14-7-8-16-31(29)34(32)22-25/h3-23H,1-2H3. The van der Waals surface area contributed by atoms with Gasteiger partial charge >= 0.3 is 0 Å². The van der Waals surface area contributed by atoms with Crippen LogP contribution in [0.5, 0.6) is 0 Å². The molecule has 0 radical (unpaired) electrons. The van der Waals surface area contributed by atoms with Crippen molar-refractivity contribution in [2.75, 3.05) is 0 Å². The van der Waals surface area contributed by atoms with Crippen LogP contribution in [0.25, 0.3) is 64.3 Å². The van der Waals surface area contributed by atoms with E-state index in [4.69, 9.17) is 0 Å². The predicted octanol–water partition coefficient (Wildman–Crippen LogP) is 11.5. The maximum absolute atomic E-state index is 4.09. The summed E-state index contributed by atoms with van der Waals surface area (Å²) in [6.07, 6.45) is 0. The summed E-state index contributed by atoms with van der Waals surface area (Å²) < 4.78 is 1.20. The first-order chi connectivity index (χ1) is 19.5. The third-order valence-corrected chi connectivity index (χ3v) is 9.73. The van der Waals surface area contributed by atoms with Gasteiger partial charge in [-0.1, -0.05) is 129 Å². The Kier molecular flexibility index (Phi) is 5.12. The van der Waals surface area contributed by atoms with Crippen molar-refractivity contribution >= 4 is 69.1 Å². The summed E-state index contributed by atoms with van der Waals surface area (Å²) in [5.41, 5.74) is 7.67. The van der Waals surface area contributed by atoms with E-state index in [9.17, 15) is 0 Å². The Hall–Kier alpha value is -4.20. The number of fused-ring (bicyclic) bond motifs is 8. The molecule has 0 saturated heterocycles. The van der Waals surface area contributed by atoms with Gasteiger partial charge < -0.3 is 0 Å². The molecule has 0 fully saturated rings. The molecule has 190 valence electrons. The lowest BCUT2D eigenvalue weighted by Gasteiger charge is -2.26. The van der Waals surface area contributed by atoms with E-state index in [1.165, 1.54) is 81.0 Å². The van der Waals surface area contributed by atoms with Crippen LogP contribution in [0.2, 0.25) is 0 Å². The van der Waals surface area contributed by atoms with Crippen LogP contribution in [0.15, 0.2) is 127 Å². The normalized spacial score (nSPS) is 14.5. The van der Waals surface area contributed by atoms with Gasteiger partial charge in [0.25, 0.3) is 0 Å². The summed E-state index contributed by atoms with van der Waals surface area (Å²) in [6.45, 7) is 4.70. The quantitative estimate of drug-likeness (QED) is 0.180. The van der Waals surface area contributed by atoms with Crippen LogP contribution in [-0.2, 0) is 5.41 Å². The Morgan fingerprint density at radius 1 is 0.450 bits per heavy atom. The predicted molar refractivity (Wildman–Crippen MR) is 177 cm³/mol. The first-order valence-corrected chi connectivity index (χ1v) is 14.7. The smallest absolute Gasteiger partial charge is 0.0298 e. The number of hydrogen-bond acceptors (Lipinski definition) is 0. The number of benzene rings is 7. The summed E-state index contributed by atoms with van der Waals surface area (Å²) in [5.74, 6) is 0. The van der Waals surface area contributed by atoms with E-state index >= 15 is 0 Å². The summed E-state index contributed by atoms with van der Waals surface area (Å²) in [6, 6.07) is 46.9. The minimum absolute atomic E-state index is 0.116. The average Bonchev–Trinajstić information content (AvgIpc) is 3.20. The first-order valence-electron chi connectivity index (χ1n) is 13.9. The molecule has 0 saturated carbocycles. The average molecular weight is 576 g/mol. The van der Waals surface area contributed by atoms with Crippen molar-refractivity contribution in [2.24, 2.45) is 0 Å². The minimum atomic E-state index is -0.116. The zero-order chi connectivity index (χ0) is 27.0. The van der Waals surface area contributed by atoms with Crippen molar-refractivity contribution in [3.8, 4) is 11.1 Å². The molecule has 1 aliphatic carbocycles. The van der Waals surface area contributed by atoms with E-state index in [0.29, 0.717) is 0 Å². The van der Waals surface area contributed by atoms with Crippen molar-refractivity contribution in [1.82, 2.24) is 0 Å². The number of allylic oxidation sites excluding steroid dienone is 1. The molecular formula is C39H27Br. The highest BCUT2D eigenvalue weighted by Gasteiger charge is 2.38. The van der Waals surface area contributed by atoms with Crippen LogP contribution in [0, 0.1) is 0 Å². The Bertz CT molecular complexity index is 2160.